The molecule has 1 fully saturated rings. The fourth-order valence-electron chi connectivity index (χ4n) is 1.93. The molecule has 0 radical (unpaired) electrons. The first kappa shape index (κ1) is 16.0. The van der Waals surface area contributed by atoms with Crippen LogP contribution in [0.5, 0.6) is 0 Å². The molecule has 19 heavy (non-hydrogen) atoms. The van der Waals surface area contributed by atoms with E-state index in [-0.39, 0.29) is 29.3 Å². The normalized spacial score (nSPS) is 22.7. The fraction of sp³-hybridized carbons (Fsp3) is 0.857. The number of carboxylic acid groups (broad SMARTS) is 1. The fourth-order valence-corrected chi connectivity index (χ4v) is 1.93. The van der Waals surface area contributed by atoms with Crippen molar-refractivity contribution in [3.8, 4) is 0 Å². The van der Waals surface area contributed by atoms with E-state index >= 15 is 0 Å². The smallest absolute Gasteiger partial charge is 0.326 e. The van der Waals surface area contributed by atoms with E-state index in [0.717, 1.165) is 6.42 Å². The lowest BCUT2D eigenvalue weighted by Crippen LogP contribution is -2.43. The van der Waals surface area contributed by atoms with Gasteiger partial charge in [-0.2, -0.15) is 0 Å². The van der Waals surface area contributed by atoms with Crippen molar-refractivity contribution in [1.29, 1.82) is 0 Å². The van der Waals surface area contributed by atoms with E-state index in [1.54, 1.807) is 0 Å². The molecule has 2 N–H and O–H groups in total. The van der Waals surface area contributed by atoms with Crippen LogP contribution in [0.1, 0.15) is 47.5 Å². The van der Waals surface area contributed by atoms with Gasteiger partial charge in [0, 0.05) is 18.9 Å². The second-order valence-corrected chi connectivity index (χ2v) is 6.89. The minimum absolute atomic E-state index is 0.00897. The lowest BCUT2D eigenvalue weighted by Gasteiger charge is -2.21. The lowest BCUT2D eigenvalue weighted by atomic mass is 10.1. The zero-order chi connectivity index (χ0) is 14.8. The Morgan fingerprint density at radius 1 is 1.42 bits per heavy atom. The highest BCUT2D eigenvalue weighted by Crippen LogP contribution is 2.51. The summed E-state index contributed by atoms with van der Waals surface area (Å²) >= 11 is 0. The van der Waals surface area contributed by atoms with Gasteiger partial charge < -0.3 is 15.2 Å². The Hall–Kier alpha value is -1.10. The molecule has 1 unspecified atom stereocenters. The zero-order valence-electron chi connectivity index (χ0n) is 12.4. The number of carbonyl (C=O) groups is 2. The summed E-state index contributed by atoms with van der Waals surface area (Å²) in [6.45, 7) is 10.1. The van der Waals surface area contributed by atoms with Crippen LogP contribution in [-0.4, -0.2) is 35.2 Å². The first-order valence-electron chi connectivity index (χ1n) is 6.70. The Morgan fingerprint density at radius 2 is 1.95 bits per heavy atom. The van der Waals surface area contributed by atoms with Gasteiger partial charge in [0.05, 0.1) is 5.60 Å². The van der Waals surface area contributed by atoms with Crippen LogP contribution in [-0.2, 0) is 14.3 Å². The van der Waals surface area contributed by atoms with Crippen LogP contribution in [0.2, 0.25) is 0 Å². The average Bonchev–Trinajstić information content (AvgIpc) is 2.84. The van der Waals surface area contributed by atoms with Gasteiger partial charge in [-0.1, -0.05) is 13.8 Å². The van der Waals surface area contributed by atoms with Crippen molar-refractivity contribution in [1.82, 2.24) is 5.32 Å². The maximum Gasteiger partial charge on any atom is 0.326 e. The molecule has 5 heteroatoms. The number of carbonyl (C=O) groups excluding carboxylic acids is 1. The highest BCUT2D eigenvalue weighted by molar-refractivity contribution is 5.87. The summed E-state index contributed by atoms with van der Waals surface area (Å²) in [6.07, 6.45) is 1.11. The number of rotatable bonds is 6. The Bertz CT molecular complexity index is 357. The summed E-state index contributed by atoms with van der Waals surface area (Å²) in [4.78, 5) is 23.0. The molecular weight excluding hydrogens is 246 g/mol. The minimum atomic E-state index is -1.01. The third-order valence-electron chi connectivity index (χ3n) is 3.39. The topological polar surface area (TPSA) is 75.6 Å². The molecule has 1 rings (SSSR count). The standard InChI is InChI=1S/C14H25NO4/c1-13(2,3)19-7-6-10(12(17)18)15-11(16)9-8-14(9,4)5/h9-10H,6-8H2,1-5H3,(H,15,16)(H,17,18)/t9-,10?/m1/s1. The lowest BCUT2D eigenvalue weighted by molar-refractivity contribution is -0.143. The summed E-state index contributed by atoms with van der Waals surface area (Å²) in [5.41, 5.74) is -0.291. The van der Waals surface area contributed by atoms with E-state index < -0.39 is 12.0 Å². The van der Waals surface area contributed by atoms with Gasteiger partial charge in [-0.3, -0.25) is 4.79 Å². The molecule has 0 saturated heterocycles. The van der Waals surface area contributed by atoms with E-state index in [1.807, 2.05) is 34.6 Å². The van der Waals surface area contributed by atoms with Gasteiger partial charge in [-0.15, -0.1) is 0 Å². The van der Waals surface area contributed by atoms with Crippen LogP contribution in [0.4, 0.5) is 0 Å². The monoisotopic (exact) mass is 271 g/mol. The first-order chi connectivity index (χ1) is 8.53. The molecule has 0 aromatic carbocycles. The Kier molecular flexibility index (Phi) is 4.61. The maximum atomic E-state index is 11.9. The number of aliphatic carboxylic acids is 1. The van der Waals surface area contributed by atoms with Crippen molar-refractivity contribution < 1.29 is 19.4 Å². The first-order valence-corrected chi connectivity index (χ1v) is 6.70. The molecular formula is C14H25NO4. The summed E-state index contributed by atoms with van der Waals surface area (Å²) in [6, 6.07) is -0.869. The van der Waals surface area contributed by atoms with Crippen LogP contribution >= 0.6 is 0 Å². The molecule has 0 spiro atoms. The van der Waals surface area contributed by atoms with Crippen molar-refractivity contribution in [3.63, 3.8) is 0 Å². The van der Waals surface area contributed by atoms with Crippen LogP contribution in [0.25, 0.3) is 0 Å². The average molecular weight is 271 g/mol. The van der Waals surface area contributed by atoms with Gasteiger partial charge in [0.1, 0.15) is 6.04 Å². The number of hydrogen-bond acceptors (Lipinski definition) is 3. The van der Waals surface area contributed by atoms with Crippen molar-refractivity contribution in [2.75, 3.05) is 6.61 Å². The summed E-state index contributed by atoms with van der Waals surface area (Å²) in [7, 11) is 0. The highest BCUT2D eigenvalue weighted by atomic mass is 16.5. The number of ether oxygens (including phenoxy) is 1. The Labute approximate surface area is 114 Å². The number of hydrogen-bond donors (Lipinski definition) is 2. The molecule has 0 aromatic heterocycles. The van der Waals surface area contributed by atoms with Crippen molar-refractivity contribution in [2.24, 2.45) is 11.3 Å². The van der Waals surface area contributed by atoms with E-state index in [2.05, 4.69) is 5.32 Å². The number of amides is 1. The maximum absolute atomic E-state index is 11.9. The quantitative estimate of drug-likeness (QED) is 0.772. The van der Waals surface area contributed by atoms with E-state index in [1.165, 1.54) is 0 Å². The van der Waals surface area contributed by atoms with E-state index in [4.69, 9.17) is 9.84 Å². The predicted molar refractivity (Wildman–Crippen MR) is 71.8 cm³/mol. The van der Waals surface area contributed by atoms with Gasteiger partial charge in [0.15, 0.2) is 0 Å². The molecule has 1 amide bonds. The van der Waals surface area contributed by atoms with Crippen LogP contribution in [0.3, 0.4) is 0 Å². The summed E-state index contributed by atoms with van der Waals surface area (Å²) in [5.74, 6) is -1.23. The molecule has 0 aromatic rings. The predicted octanol–water partition coefficient (Wildman–Crippen LogP) is 1.81. The van der Waals surface area contributed by atoms with Crippen LogP contribution in [0, 0.1) is 11.3 Å². The van der Waals surface area contributed by atoms with Crippen LogP contribution in [0.15, 0.2) is 0 Å². The molecule has 1 aliphatic carbocycles. The van der Waals surface area contributed by atoms with Gasteiger partial charge >= 0.3 is 5.97 Å². The zero-order valence-corrected chi connectivity index (χ0v) is 12.4. The van der Waals surface area contributed by atoms with Gasteiger partial charge in [-0.05, 0) is 32.6 Å². The third kappa shape index (κ3) is 5.19. The molecule has 0 bridgehead atoms. The molecule has 0 heterocycles. The van der Waals surface area contributed by atoms with Gasteiger partial charge in [0.25, 0.3) is 0 Å². The van der Waals surface area contributed by atoms with Crippen molar-refractivity contribution in [2.45, 2.75) is 59.1 Å². The third-order valence-corrected chi connectivity index (χ3v) is 3.39. The second kappa shape index (κ2) is 5.49. The minimum Gasteiger partial charge on any atom is -0.480 e. The molecule has 1 aliphatic rings. The molecule has 1 saturated carbocycles. The second-order valence-electron chi connectivity index (χ2n) is 6.89. The van der Waals surface area contributed by atoms with Gasteiger partial charge in [-0.25, -0.2) is 4.79 Å². The van der Waals surface area contributed by atoms with Crippen LogP contribution < -0.4 is 5.32 Å². The number of nitrogens with one attached hydrogen (secondary N) is 1. The number of carboxylic acids is 1. The van der Waals surface area contributed by atoms with E-state index in [9.17, 15) is 9.59 Å². The summed E-state index contributed by atoms with van der Waals surface area (Å²) < 4.78 is 5.49. The van der Waals surface area contributed by atoms with E-state index in [0.29, 0.717) is 6.61 Å². The highest BCUT2D eigenvalue weighted by Gasteiger charge is 2.51. The van der Waals surface area contributed by atoms with Crippen molar-refractivity contribution in [3.05, 3.63) is 0 Å². The SMILES string of the molecule is CC(C)(C)OCCC(NC(=O)[C@H]1CC1(C)C)C(=O)O. The van der Waals surface area contributed by atoms with Crippen molar-refractivity contribution >= 4 is 11.9 Å². The molecule has 110 valence electrons. The molecule has 0 aliphatic heterocycles. The molecule has 2 atom stereocenters. The Morgan fingerprint density at radius 3 is 2.32 bits per heavy atom. The van der Waals surface area contributed by atoms with Gasteiger partial charge in [0.2, 0.25) is 5.91 Å². The summed E-state index contributed by atoms with van der Waals surface area (Å²) in [5, 5.41) is 11.7. The Balaban J connectivity index is 2.41. The molecule has 5 nitrogen and oxygen atoms in total. The largest absolute Gasteiger partial charge is 0.480 e.